The Morgan fingerprint density at radius 2 is 1.13 bits per heavy atom. The van der Waals surface area contributed by atoms with Crippen LogP contribution in [-0.4, -0.2) is 70.0 Å². The minimum Gasteiger partial charge on any atom is -0.756 e. The van der Waals surface area contributed by atoms with Gasteiger partial charge in [0.2, 0.25) is 0 Å². The van der Waals surface area contributed by atoms with Crippen molar-refractivity contribution in [2.75, 3.05) is 47.5 Å². The summed E-state index contributed by atoms with van der Waals surface area (Å²) in [6, 6.07) is 0. The van der Waals surface area contributed by atoms with E-state index in [1.807, 2.05) is 33.3 Å². The number of rotatable bonds is 34. The molecule has 0 rings (SSSR count). The van der Waals surface area contributed by atoms with Gasteiger partial charge in [0.15, 0.2) is 6.10 Å². The van der Waals surface area contributed by atoms with Crippen LogP contribution < -0.4 is 4.89 Å². The summed E-state index contributed by atoms with van der Waals surface area (Å²) in [5.74, 6) is -1.01. The molecule has 0 aliphatic rings. The number of likely N-dealkylation sites (N-methyl/N-ethyl adjacent to an activating group) is 1. The molecular weight excluding hydrogens is 689 g/mol. The van der Waals surface area contributed by atoms with Crippen LogP contribution in [0.1, 0.15) is 123 Å². The van der Waals surface area contributed by atoms with Gasteiger partial charge in [-0.05, 0) is 64.2 Å². The molecule has 0 saturated heterocycles. The summed E-state index contributed by atoms with van der Waals surface area (Å²) in [6.07, 6.45) is 43.6. The number of esters is 2. The summed E-state index contributed by atoms with van der Waals surface area (Å²) in [5, 5.41) is 0. The zero-order valence-electron chi connectivity index (χ0n) is 33.7. The molecule has 0 aliphatic heterocycles. The monoisotopic (exact) mass is 761 g/mol. The van der Waals surface area contributed by atoms with E-state index in [1.165, 1.54) is 12.8 Å². The molecular formula is C43H72NO8P. The minimum atomic E-state index is -4.65. The predicted molar refractivity (Wildman–Crippen MR) is 217 cm³/mol. The van der Waals surface area contributed by atoms with Gasteiger partial charge in [-0.2, -0.15) is 0 Å². The number of phosphoric acid groups is 1. The first kappa shape index (κ1) is 50.2. The highest BCUT2D eigenvalue weighted by atomic mass is 31.2. The average molecular weight is 762 g/mol. The molecule has 0 aliphatic carbocycles. The van der Waals surface area contributed by atoms with Gasteiger partial charge in [0, 0.05) is 6.42 Å². The average Bonchev–Trinajstić information content (AvgIpc) is 3.10. The van der Waals surface area contributed by atoms with Crippen molar-refractivity contribution in [2.45, 2.75) is 129 Å². The summed E-state index contributed by atoms with van der Waals surface area (Å²) in [6.45, 7) is 3.90. The molecule has 0 aromatic rings. The van der Waals surface area contributed by atoms with E-state index < -0.39 is 32.5 Å². The van der Waals surface area contributed by atoms with Gasteiger partial charge in [0.25, 0.3) is 7.82 Å². The summed E-state index contributed by atoms with van der Waals surface area (Å²) in [4.78, 5) is 37.3. The largest absolute Gasteiger partial charge is 0.756 e. The number of carbonyl (C=O) groups is 2. The van der Waals surface area contributed by atoms with Gasteiger partial charge in [-0.25, -0.2) is 0 Å². The van der Waals surface area contributed by atoms with Crippen LogP contribution >= 0.6 is 7.82 Å². The number of hydrogen-bond acceptors (Lipinski definition) is 8. The van der Waals surface area contributed by atoms with Gasteiger partial charge in [-0.3, -0.25) is 14.2 Å². The van der Waals surface area contributed by atoms with E-state index in [4.69, 9.17) is 18.5 Å². The number of phosphoric ester groups is 1. The summed E-state index contributed by atoms with van der Waals surface area (Å²) in [5.41, 5.74) is 0. The van der Waals surface area contributed by atoms with E-state index in [0.29, 0.717) is 23.9 Å². The second-order valence-electron chi connectivity index (χ2n) is 13.9. The highest BCUT2D eigenvalue weighted by Gasteiger charge is 2.21. The molecule has 302 valence electrons. The molecule has 10 heteroatoms. The van der Waals surface area contributed by atoms with Gasteiger partial charge in [0.05, 0.1) is 34.2 Å². The third-order valence-electron chi connectivity index (χ3n) is 7.68. The molecule has 2 atom stereocenters. The lowest BCUT2D eigenvalue weighted by Crippen LogP contribution is -2.37. The summed E-state index contributed by atoms with van der Waals surface area (Å²) in [7, 11) is 1.08. The van der Waals surface area contributed by atoms with Crippen molar-refractivity contribution >= 4 is 19.8 Å². The Balaban J connectivity index is 4.61. The lowest BCUT2D eigenvalue weighted by Gasteiger charge is -2.28. The Morgan fingerprint density at radius 3 is 1.70 bits per heavy atom. The third kappa shape index (κ3) is 38.7. The van der Waals surface area contributed by atoms with Crippen LogP contribution in [-0.2, 0) is 32.7 Å². The fourth-order valence-electron chi connectivity index (χ4n) is 4.57. The van der Waals surface area contributed by atoms with Crippen molar-refractivity contribution in [1.29, 1.82) is 0 Å². The lowest BCUT2D eigenvalue weighted by atomic mass is 10.1. The maximum atomic E-state index is 12.6. The number of ether oxygens (including phenoxy) is 2. The van der Waals surface area contributed by atoms with Crippen molar-refractivity contribution in [3.8, 4) is 0 Å². The molecule has 0 N–H and O–H groups in total. The van der Waals surface area contributed by atoms with E-state index in [0.717, 1.165) is 70.6 Å². The Bertz CT molecular complexity index is 1180. The second-order valence-corrected chi connectivity index (χ2v) is 15.3. The zero-order chi connectivity index (χ0) is 39.3. The fourth-order valence-corrected chi connectivity index (χ4v) is 5.30. The SMILES string of the molecule is CC/C=C\C/C=C\C/C=C\C/C=C\C/C=C\CC(=O)OC(COC(=O)CCCCCCC/C=C\C/C=C\CCCC)COP(=O)([O-])OCC[N+](C)(C)C. The van der Waals surface area contributed by atoms with Crippen LogP contribution in [0, 0.1) is 0 Å². The smallest absolute Gasteiger partial charge is 0.310 e. The van der Waals surface area contributed by atoms with Crippen LogP contribution in [0.25, 0.3) is 0 Å². The molecule has 0 aromatic heterocycles. The Labute approximate surface area is 322 Å². The van der Waals surface area contributed by atoms with E-state index in [9.17, 15) is 19.0 Å². The Hall–Kier alpha value is -2.81. The number of hydrogen-bond donors (Lipinski definition) is 0. The molecule has 0 radical (unpaired) electrons. The first-order valence-corrected chi connectivity index (χ1v) is 21.3. The normalized spacial score (nSPS) is 14.6. The van der Waals surface area contributed by atoms with E-state index in [2.05, 4.69) is 80.7 Å². The highest BCUT2D eigenvalue weighted by Crippen LogP contribution is 2.38. The Morgan fingerprint density at radius 1 is 0.623 bits per heavy atom. The molecule has 2 unspecified atom stereocenters. The lowest BCUT2D eigenvalue weighted by molar-refractivity contribution is -0.870. The van der Waals surface area contributed by atoms with Crippen molar-refractivity contribution < 1.29 is 42.1 Å². The quantitative estimate of drug-likeness (QED) is 0.0210. The number of quaternary nitrogens is 1. The predicted octanol–water partition coefficient (Wildman–Crippen LogP) is 10.2. The molecule has 0 amide bonds. The number of carbonyl (C=O) groups excluding carboxylic acids is 2. The second kappa shape index (κ2) is 34.9. The number of allylic oxidation sites excluding steroid dienone is 13. The van der Waals surface area contributed by atoms with Crippen molar-refractivity contribution in [3.63, 3.8) is 0 Å². The molecule has 0 bridgehead atoms. The maximum Gasteiger partial charge on any atom is 0.310 e. The molecule has 0 saturated carbocycles. The van der Waals surface area contributed by atoms with Crippen LogP contribution in [0.15, 0.2) is 85.1 Å². The standard InChI is InChI=1S/C43H72NO8P/c1-6-8-10-12-14-16-18-20-22-24-26-28-30-32-34-36-43(46)52-41(40-51-53(47,48)50-38-37-44(3,4)5)39-49-42(45)35-33-31-29-27-25-23-21-19-17-15-13-11-9-7-2/h8,10,13-16,19-22,26,28,32,34,41H,6-7,9,11-12,17-18,23-25,27,29-31,33,35-40H2,1-5H3/b10-8-,15-13-,16-14-,21-19-,22-20-,28-26-,34-32-. The van der Waals surface area contributed by atoms with Crippen molar-refractivity contribution in [2.24, 2.45) is 0 Å². The van der Waals surface area contributed by atoms with Crippen molar-refractivity contribution in [3.05, 3.63) is 85.1 Å². The van der Waals surface area contributed by atoms with Crippen molar-refractivity contribution in [1.82, 2.24) is 0 Å². The molecule has 0 spiro atoms. The van der Waals surface area contributed by atoms with Gasteiger partial charge in [-0.15, -0.1) is 0 Å². The summed E-state index contributed by atoms with van der Waals surface area (Å²) >= 11 is 0. The third-order valence-corrected chi connectivity index (χ3v) is 8.65. The number of nitrogens with zero attached hydrogens (tertiary/aromatic N) is 1. The highest BCUT2D eigenvalue weighted by molar-refractivity contribution is 7.45. The van der Waals surface area contributed by atoms with E-state index in [-0.39, 0.29) is 26.1 Å². The van der Waals surface area contributed by atoms with Gasteiger partial charge >= 0.3 is 11.9 Å². The first-order valence-electron chi connectivity index (χ1n) is 19.8. The maximum absolute atomic E-state index is 12.6. The van der Waals surface area contributed by atoms with Gasteiger partial charge in [0.1, 0.15) is 19.8 Å². The van der Waals surface area contributed by atoms with Crippen LogP contribution in [0.5, 0.6) is 0 Å². The molecule has 9 nitrogen and oxygen atoms in total. The molecule has 53 heavy (non-hydrogen) atoms. The minimum absolute atomic E-state index is 0.0150. The van der Waals surface area contributed by atoms with Crippen LogP contribution in [0.3, 0.4) is 0 Å². The first-order chi connectivity index (χ1) is 25.5. The Kier molecular flexibility index (Phi) is 33.1. The number of unbranched alkanes of at least 4 members (excludes halogenated alkanes) is 7. The molecule has 0 aromatic carbocycles. The van der Waals surface area contributed by atoms with Crippen LogP contribution in [0.4, 0.5) is 0 Å². The van der Waals surface area contributed by atoms with Gasteiger partial charge < -0.3 is 27.9 Å². The topological polar surface area (TPSA) is 111 Å². The summed E-state index contributed by atoms with van der Waals surface area (Å²) < 4.78 is 33.6. The zero-order valence-corrected chi connectivity index (χ0v) is 34.6. The molecule has 0 fully saturated rings. The van der Waals surface area contributed by atoms with Crippen LogP contribution in [0.2, 0.25) is 0 Å². The van der Waals surface area contributed by atoms with E-state index >= 15 is 0 Å². The molecule has 0 heterocycles. The van der Waals surface area contributed by atoms with Gasteiger partial charge in [-0.1, -0.05) is 131 Å². The van der Waals surface area contributed by atoms with E-state index in [1.54, 1.807) is 6.08 Å². The fraction of sp³-hybridized carbons (Fsp3) is 0.628.